The maximum Gasteiger partial charge on any atom is 0.154 e. The third-order valence-corrected chi connectivity index (χ3v) is 3.54. The highest BCUT2D eigenvalue weighted by Crippen LogP contribution is 2.19. The maximum absolute atomic E-state index is 4.52. The van der Waals surface area contributed by atoms with Crippen molar-refractivity contribution in [2.75, 3.05) is 0 Å². The van der Waals surface area contributed by atoms with Gasteiger partial charge >= 0.3 is 0 Å². The Labute approximate surface area is 107 Å². The highest BCUT2D eigenvalue weighted by molar-refractivity contribution is 9.10. The Kier molecular flexibility index (Phi) is 2.44. The number of para-hydroxylation sites is 1. The van der Waals surface area contributed by atoms with Gasteiger partial charge in [0.25, 0.3) is 0 Å². The third-order valence-electron chi connectivity index (χ3n) is 2.70. The van der Waals surface area contributed by atoms with Crippen LogP contribution in [0.1, 0.15) is 5.69 Å². The number of rotatable bonds is 1. The first-order valence-corrected chi connectivity index (χ1v) is 6.11. The highest BCUT2D eigenvalue weighted by Gasteiger charge is 2.06. The molecule has 0 unspecified atom stereocenters. The van der Waals surface area contributed by atoms with Gasteiger partial charge in [0.15, 0.2) is 5.82 Å². The number of fused-ring (bicyclic) bond motifs is 1. The van der Waals surface area contributed by atoms with E-state index in [1.54, 1.807) is 0 Å². The number of aryl methyl sites for hydroxylation is 1. The Bertz CT molecular complexity index is 688. The van der Waals surface area contributed by atoms with Gasteiger partial charge in [0.2, 0.25) is 0 Å². The molecule has 0 N–H and O–H groups in total. The zero-order chi connectivity index (χ0) is 11.8. The Morgan fingerprint density at radius 3 is 2.76 bits per heavy atom. The third kappa shape index (κ3) is 1.74. The lowest BCUT2D eigenvalue weighted by atomic mass is 10.2. The fourth-order valence-corrected chi connectivity index (χ4v) is 2.02. The van der Waals surface area contributed by atoms with Crippen molar-refractivity contribution in [3.05, 3.63) is 52.8 Å². The van der Waals surface area contributed by atoms with Crippen molar-refractivity contribution in [1.82, 2.24) is 14.8 Å². The Morgan fingerprint density at radius 2 is 1.94 bits per heavy atom. The van der Waals surface area contributed by atoms with Crippen LogP contribution in [0.25, 0.3) is 16.7 Å². The maximum atomic E-state index is 4.52. The first-order chi connectivity index (χ1) is 8.25. The van der Waals surface area contributed by atoms with Crippen LogP contribution < -0.4 is 0 Å². The summed E-state index contributed by atoms with van der Waals surface area (Å²) in [5.74, 6) is 0.840. The van der Waals surface area contributed by atoms with Crippen LogP contribution in [-0.4, -0.2) is 14.8 Å². The average Bonchev–Trinajstić information content (AvgIpc) is 2.76. The second-order valence-electron chi connectivity index (χ2n) is 3.85. The molecule has 0 amide bonds. The molecule has 4 heteroatoms. The van der Waals surface area contributed by atoms with Crippen molar-refractivity contribution in [3.63, 3.8) is 0 Å². The molecule has 0 saturated carbocycles. The van der Waals surface area contributed by atoms with E-state index in [9.17, 15) is 0 Å². The molecular weight excluding hydrogens is 278 g/mol. The molecular formula is C13H10BrN3. The molecule has 2 aromatic heterocycles. The molecule has 3 aromatic rings. The summed E-state index contributed by atoms with van der Waals surface area (Å²) >= 11 is 3.45. The summed E-state index contributed by atoms with van der Waals surface area (Å²) < 4.78 is 2.87. The van der Waals surface area contributed by atoms with Gasteiger partial charge in [-0.3, -0.25) is 0 Å². The molecule has 1 aromatic carbocycles. The van der Waals surface area contributed by atoms with E-state index in [1.165, 1.54) is 0 Å². The van der Waals surface area contributed by atoms with Crippen LogP contribution in [0.15, 0.2) is 47.1 Å². The molecule has 3 nitrogen and oxygen atoms in total. The lowest BCUT2D eigenvalue weighted by Crippen LogP contribution is -2.00. The summed E-state index contributed by atoms with van der Waals surface area (Å²) in [6, 6.07) is 12.1. The zero-order valence-corrected chi connectivity index (χ0v) is 10.8. The Balaban J connectivity index is 2.24. The molecule has 0 radical (unpaired) electrons. The number of hydrogen-bond donors (Lipinski definition) is 0. The number of hydrogen-bond acceptors (Lipinski definition) is 2. The summed E-state index contributed by atoms with van der Waals surface area (Å²) in [7, 11) is 0. The van der Waals surface area contributed by atoms with Crippen molar-refractivity contribution in [3.8, 4) is 5.82 Å². The van der Waals surface area contributed by atoms with E-state index in [1.807, 2.05) is 54.2 Å². The van der Waals surface area contributed by atoms with Gasteiger partial charge in [-0.2, -0.15) is 5.10 Å². The van der Waals surface area contributed by atoms with Gasteiger partial charge in [0, 0.05) is 9.86 Å². The van der Waals surface area contributed by atoms with E-state index >= 15 is 0 Å². The minimum absolute atomic E-state index is 0.840. The fourth-order valence-electron chi connectivity index (χ4n) is 1.80. The van der Waals surface area contributed by atoms with E-state index < -0.39 is 0 Å². The summed E-state index contributed by atoms with van der Waals surface area (Å²) in [6.07, 6.45) is 1.86. The van der Waals surface area contributed by atoms with Crippen LogP contribution in [0.5, 0.6) is 0 Å². The molecule has 0 aliphatic heterocycles. The fraction of sp³-hybridized carbons (Fsp3) is 0.0769. The molecule has 0 atom stereocenters. The number of halogens is 1. The molecule has 84 valence electrons. The lowest BCUT2D eigenvalue weighted by Gasteiger charge is -2.04. The number of benzene rings is 1. The lowest BCUT2D eigenvalue weighted by molar-refractivity contribution is 0.866. The molecule has 0 bridgehead atoms. The van der Waals surface area contributed by atoms with Crippen molar-refractivity contribution < 1.29 is 0 Å². The van der Waals surface area contributed by atoms with Crippen LogP contribution in [0.4, 0.5) is 0 Å². The molecule has 17 heavy (non-hydrogen) atoms. The largest absolute Gasteiger partial charge is 0.233 e. The van der Waals surface area contributed by atoms with E-state index in [-0.39, 0.29) is 0 Å². The number of nitrogens with zero attached hydrogens (tertiary/aromatic N) is 3. The highest BCUT2D eigenvalue weighted by atomic mass is 79.9. The van der Waals surface area contributed by atoms with E-state index in [4.69, 9.17) is 0 Å². The van der Waals surface area contributed by atoms with E-state index in [2.05, 4.69) is 26.0 Å². The topological polar surface area (TPSA) is 30.7 Å². The van der Waals surface area contributed by atoms with Crippen LogP contribution >= 0.6 is 15.9 Å². The van der Waals surface area contributed by atoms with Crippen molar-refractivity contribution >= 4 is 26.8 Å². The van der Waals surface area contributed by atoms with E-state index in [0.717, 1.165) is 26.9 Å². The minimum Gasteiger partial charge on any atom is -0.233 e. The van der Waals surface area contributed by atoms with Gasteiger partial charge in [-0.1, -0.05) is 18.2 Å². The monoisotopic (exact) mass is 287 g/mol. The van der Waals surface area contributed by atoms with Crippen LogP contribution in [-0.2, 0) is 0 Å². The second-order valence-corrected chi connectivity index (χ2v) is 4.71. The van der Waals surface area contributed by atoms with Crippen LogP contribution in [0.2, 0.25) is 0 Å². The molecule has 0 aliphatic carbocycles. The summed E-state index contributed by atoms with van der Waals surface area (Å²) in [5, 5.41) is 5.50. The van der Waals surface area contributed by atoms with Crippen LogP contribution in [0, 0.1) is 6.92 Å². The molecule has 0 spiro atoms. The van der Waals surface area contributed by atoms with Gasteiger partial charge in [-0.05, 0) is 41.1 Å². The van der Waals surface area contributed by atoms with Gasteiger partial charge in [0.1, 0.15) is 0 Å². The first kappa shape index (κ1) is 10.5. The summed E-state index contributed by atoms with van der Waals surface area (Å²) in [5.41, 5.74) is 2.03. The minimum atomic E-state index is 0.840. The molecule has 2 heterocycles. The molecule has 0 saturated heterocycles. The second kappa shape index (κ2) is 3.96. The Morgan fingerprint density at radius 1 is 1.12 bits per heavy atom. The normalized spacial score (nSPS) is 10.9. The summed E-state index contributed by atoms with van der Waals surface area (Å²) in [6.45, 7) is 1.97. The molecule has 3 rings (SSSR count). The molecule has 0 aliphatic rings. The van der Waals surface area contributed by atoms with Gasteiger partial charge in [-0.15, -0.1) is 0 Å². The average molecular weight is 288 g/mol. The number of aromatic nitrogens is 3. The van der Waals surface area contributed by atoms with Crippen molar-refractivity contribution in [1.29, 1.82) is 0 Å². The quantitative estimate of drug-likeness (QED) is 0.686. The van der Waals surface area contributed by atoms with Gasteiger partial charge < -0.3 is 0 Å². The predicted molar refractivity (Wildman–Crippen MR) is 71.3 cm³/mol. The van der Waals surface area contributed by atoms with Crippen LogP contribution in [0.3, 0.4) is 0 Å². The SMILES string of the molecule is Cc1nc(-n2ncc3ccccc32)ccc1Br. The van der Waals surface area contributed by atoms with E-state index in [0.29, 0.717) is 0 Å². The number of pyridine rings is 1. The Hall–Kier alpha value is -1.68. The van der Waals surface area contributed by atoms with Crippen molar-refractivity contribution in [2.24, 2.45) is 0 Å². The predicted octanol–water partition coefficient (Wildman–Crippen LogP) is 3.49. The van der Waals surface area contributed by atoms with Gasteiger partial charge in [-0.25, -0.2) is 9.67 Å². The van der Waals surface area contributed by atoms with Gasteiger partial charge in [0.05, 0.1) is 17.4 Å². The summed E-state index contributed by atoms with van der Waals surface area (Å²) in [4.78, 5) is 4.52. The zero-order valence-electron chi connectivity index (χ0n) is 9.26. The smallest absolute Gasteiger partial charge is 0.154 e. The van der Waals surface area contributed by atoms with Crippen molar-refractivity contribution in [2.45, 2.75) is 6.92 Å². The standard InChI is InChI=1S/C13H10BrN3/c1-9-11(14)6-7-13(16-9)17-12-5-3-2-4-10(12)8-15-17/h2-8H,1H3. The first-order valence-electron chi connectivity index (χ1n) is 5.32. The molecule has 0 fully saturated rings.